The smallest absolute Gasteiger partial charge is 0.263 e. The first-order valence-corrected chi connectivity index (χ1v) is 12.1. The minimum Gasteiger partial charge on any atom is -0.394 e. The quantitative estimate of drug-likeness (QED) is 0.340. The van der Waals surface area contributed by atoms with Crippen molar-refractivity contribution >= 4 is 28.9 Å². The third-order valence-electron chi connectivity index (χ3n) is 5.32. The van der Waals surface area contributed by atoms with Gasteiger partial charge in [0.15, 0.2) is 0 Å². The number of anilines is 2. The van der Waals surface area contributed by atoms with Gasteiger partial charge in [-0.1, -0.05) is 32.9 Å². The Hall–Kier alpha value is -3.63. The molecule has 182 valence electrons. The van der Waals surface area contributed by atoms with Crippen molar-refractivity contribution in [2.24, 2.45) is 0 Å². The van der Waals surface area contributed by atoms with Crippen LogP contribution in [0.5, 0.6) is 0 Å². The van der Waals surface area contributed by atoms with E-state index in [1.54, 1.807) is 29.5 Å². The van der Waals surface area contributed by atoms with Crippen LogP contribution in [0.15, 0.2) is 49.1 Å². The van der Waals surface area contributed by atoms with E-state index in [1.807, 2.05) is 25.1 Å². The first kappa shape index (κ1) is 24.5. The summed E-state index contributed by atoms with van der Waals surface area (Å²) in [5.41, 5.74) is 4.49. The van der Waals surface area contributed by atoms with Gasteiger partial charge in [-0.05, 0) is 30.2 Å². The maximum atomic E-state index is 12.6. The van der Waals surface area contributed by atoms with Crippen molar-refractivity contribution < 1.29 is 9.90 Å². The van der Waals surface area contributed by atoms with Crippen LogP contribution in [0.2, 0.25) is 0 Å². The normalized spacial score (nSPS) is 11.5. The fourth-order valence-electron chi connectivity index (χ4n) is 3.40. The lowest BCUT2D eigenvalue weighted by Gasteiger charge is -2.13. The number of nitrogens with zero attached hydrogens (tertiary/aromatic N) is 5. The van der Waals surface area contributed by atoms with E-state index in [0.717, 1.165) is 33.1 Å². The molecule has 1 amide bonds. The van der Waals surface area contributed by atoms with E-state index in [0.29, 0.717) is 23.9 Å². The van der Waals surface area contributed by atoms with E-state index in [4.69, 9.17) is 5.11 Å². The fraction of sp³-hybridized carbons (Fsp3) is 0.320. The largest absolute Gasteiger partial charge is 0.394 e. The summed E-state index contributed by atoms with van der Waals surface area (Å²) < 4.78 is 1.64. The van der Waals surface area contributed by atoms with Gasteiger partial charge in [0, 0.05) is 29.9 Å². The van der Waals surface area contributed by atoms with E-state index >= 15 is 0 Å². The van der Waals surface area contributed by atoms with Crippen molar-refractivity contribution in [3.63, 3.8) is 0 Å². The summed E-state index contributed by atoms with van der Waals surface area (Å²) in [4.78, 5) is 26.5. The van der Waals surface area contributed by atoms with Gasteiger partial charge in [0.25, 0.3) is 5.91 Å². The van der Waals surface area contributed by atoms with Crippen LogP contribution in [0.3, 0.4) is 0 Å². The average Bonchev–Trinajstić information content (AvgIpc) is 3.49. The van der Waals surface area contributed by atoms with Crippen LogP contribution in [-0.4, -0.2) is 42.4 Å². The van der Waals surface area contributed by atoms with Crippen LogP contribution in [0.1, 0.15) is 46.6 Å². The second-order valence-corrected chi connectivity index (χ2v) is 10.2. The molecule has 4 aromatic rings. The molecular formula is C25H29N7O2S. The zero-order valence-electron chi connectivity index (χ0n) is 20.2. The van der Waals surface area contributed by atoms with Crippen LogP contribution in [0.4, 0.5) is 11.6 Å². The molecule has 0 spiro atoms. The first-order chi connectivity index (χ1) is 16.7. The summed E-state index contributed by atoms with van der Waals surface area (Å²) in [6.07, 6.45) is 6.80. The molecule has 0 radical (unpaired) electrons. The van der Waals surface area contributed by atoms with Gasteiger partial charge in [0.1, 0.15) is 4.88 Å². The highest BCUT2D eigenvalue weighted by Crippen LogP contribution is 2.27. The summed E-state index contributed by atoms with van der Waals surface area (Å²) >= 11 is 1.43. The highest BCUT2D eigenvalue weighted by molar-refractivity contribution is 7.13. The Labute approximate surface area is 208 Å². The van der Waals surface area contributed by atoms with E-state index in [2.05, 4.69) is 57.5 Å². The molecular weight excluding hydrogens is 462 g/mol. The van der Waals surface area contributed by atoms with Crippen molar-refractivity contribution in [1.29, 1.82) is 0 Å². The third-order valence-corrected chi connectivity index (χ3v) is 6.74. The Morgan fingerprint density at radius 1 is 1.17 bits per heavy atom. The molecule has 3 heterocycles. The predicted octanol–water partition coefficient (Wildman–Crippen LogP) is 4.07. The molecule has 3 N–H and O–H groups in total. The zero-order valence-corrected chi connectivity index (χ0v) is 21.1. The lowest BCUT2D eigenvalue weighted by molar-refractivity contribution is 0.0954. The maximum Gasteiger partial charge on any atom is 0.263 e. The fourth-order valence-corrected chi connectivity index (χ4v) is 4.29. The van der Waals surface area contributed by atoms with Crippen LogP contribution < -0.4 is 10.6 Å². The number of thiazole rings is 1. The van der Waals surface area contributed by atoms with Gasteiger partial charge in [-0.2, -0.15) is 5.10 Å². The summed E-state index contributed by atoms with van der Waals surface area (Å²) in [5, 5.41) is 20.3. The molecule has 9 nitrogen and oxygen atoms in total. The molecule has 0 unspecified atom stereocenters. The second kappa shape index (κ2) is 10.3. The summed E-state index contributed by atoms with van der Waals surface area (Å²) in [5.74, 6) is 0.342. The highest BCUT2D eigenvalue weighted by atomic mass is 32.1. The lowest BCUT2D eigenvalue weighted by Crippen LogP contribution is -2.22. The topological polar surface area (TPSA) is 118 Å². The molecule has 1 aromatic carbocycles. The molecule has 0 atom stereocenters. The van der Waals surface area contributed by atoms with E-state index < -0.39 is 0 Å². The van der Waals surface area contributed by atoms with Crippen LogP contribution >= 0.6 is 11.3 Å². The van der Waals surface area contributed by atoms with Gasteiger partial charge in [0.2, 0.25) is 5.95 Å². The van der Waals surface area contributed by atoms with Gasteiger partial charge in [-0.25, -0.2) is 15.0 Å². The molecule has 0 aliphatic carbocycles. The van der Waals surface area contributed by atoms with Crippen molar-refractivity contribution in [2.45, 2.75) is 46.2 Å². The van der Waals surface area contributed by atoms with Crippen molar-refractivity contribution in [3.8, 4) is 11.3 Å². The molecule has 0 fully saturated rings. The third kappa shape index (κ3) is 6.09. The van der Waals surface area contributed by atoms with Crippen molar-refractivity contribution in [2.75, 3.05) is 11.9 Å². The van der Waals surface area contributed by atoms with Crippen LogP contribution in [0.25, 0.3) is 11.3 Å². The number of carbonyl (C=O) groups is 1. The molecule has 0 aliphatic heterocycles. The molecule has 35 heavy (non-hydrogen) atoms. The number of aromatic nitrogens is 5. The monoisotopic (exact) mass is 491 g/mol. The van der Waals surface area contributed by atoms with E-state index in [1.165, 1.54) is 11.3 Å². The highest BCUT2D eigenvalue weighted by Gasteiger charge is 2.20. The summed E-state index contributed by atoms with van der Waals surface area (Å²) in [6, 6.07) is 7.90. The van der Waals surface area contributed by atoms with Crippen molar-refractivity contribution in [1.82, 2.24) is 30.0 Å². The van der Waals surface area contributed by atoms with Gasteiger partial charge in [-0.3, -0.25) is 9.48 Å². The number of aliphatic hydroxyl groups excluding tert-OH is 1. The van der Waals surface area contributed by atoms with Gasteiger partial charge in [-0.15, -0.1) is 11.3 Å². The number of hydrogen-bond acceptors (Lipinski definition) is 8. The molecule has 0 saturated heterocycles. The number of aryl methyl sites for hydroxylation is 1. The number of nitrogens with one attached hydrogen (secondary N) is 2. The van der Waals surface area contributed by atoms with Crippen molar-refractivity contribution in [3.05, 3.63) is 70.1 Å². The number of benzene rings is 1. The number of hydrogen-bond donors (Lipinski definition) is 3. The lowest BCUT2D eigenvalue weighted by atomic mass is 9.98. The first-order valence-electron chi connectivity index (χ1n) is 11.3. The van der Waals surface area contributed by atoms with E-state index in [9.17, 15) is 4.79 Å². The zero-order chi connectivity index (χ0) is 25.0. The van der Waals surface area contributed by atoms with Gasteiger partial charge >= 0.3 is 0 Å². The molecule has 10 heteroatoms. The number of amides is 1. The van der Waals surface area contributed by atoms with Gasteiger partial charge < -0.3 is 15.7 Å². The average molecular weight is 492 g/mol. The van der Waals surface area contributed by atoms with Gasteiger partial charge in [0.05, 0.1) is 41.9 Å². The Morgan fingerprint density at radius 3 is 2.71 bits per heavy atom. The van der Waals surface area contributed by atoms with E-state index in [-0.39, 0.29) is 17.9 Å². The molecule has 0 bridgehead atoms. The van der Waals surface area contributed by atoms with Crippen LogP contribution in [0, 0.1) is 6.92 Å². The Balaban J connectivity index is 1.42. The molecule has 0 saturated carbocycles. The maximum absolute atomic E-state index is 12.6. The minimum absolute atomic E-state index is 0.0233. The minimum atomic E-state index is -0.115. The number of rotatable bonds is 8. The molecule has 4 rings (SSSR count). The standard InChI is InChI=1S/C25H29N7O2S/c1-16-11-17(20-7-8-26-24(31-20)30-19-13-29-32(15-19)9-10-33)5-6-18(16)12-27-22(34)21-14-28-23(35-21)25(2,3)4/h5-8,11,13-15,33H,9-10,12H2,1-4H3,(H,27,34)(H,26,30,31). The Kier molecular flexibility index (Phi) is 7.23. The molecule has 3 aromatic heterocycles. The number of carbonyl (C=O) groups excluding carboxylic acids is 1. The number of aliphatic hydroxyl groups is 1. The predicted molar refractivity (Wildman–Crippen MR) is 137 cm³/mol. The Morgan fingerprint density at radius 2 is 2.00 bits per heavy atom. The SMILES string of the molecule is Cc1cc(-c2ccnc(Nc3cnn(CCO)c3)n2)ccc1CNC(=O)c1cnc(C(C)(C)C)s1. The molecule has 0 aliphatic rings. The summed E-state index contributed by atoms with van der Waals surface area (Å²) in [7, 11) is 0. The van der Waals surface area contributed by atoms with Crippen LogP contribution in [-0.2, 0) is 18.5 Å². The summed E-state index contributed by atoms with van der Waals surface area (Å²) in [6.45, 7) is 9.16. The second-order valence-electron chi connectivity index (χ2n) is 9.21. The Bertz CT molecular complexity index is 1320.